The second-order valence-electron chi connectivity index (χ2n) is 8.71. The van der Waals surface area contributed by atoms with Gasteiger partial charge in [-0.15, -0.1) is 0 Å². The van der Waals surface area contributed by atoms with Crippen molar-refractivity contribution in [1.29, 1.82) is 0 Å². The molecule has 1 aromatic rings. The number of nitrogens with zero attached hydrogens (tertiary/aromatic N) is 1. The zero-order valence-electron chi connectivity index (χ0n) is 17.3. The fourth-order valence-corrected chi connectivity index (χ4v) is 4.44. The lowest BCUT2D eigenvalue weighted by atomic mass is 9.88. The van der Waals surface area contributed by atoms with Gasteiger partial charge in [0.05, 0.1) is 0 Å². The van der Waals surface area contributed by atoms with Crippen LogP contribution in [0.1, 0.15) is 109 Å². The first-order chi connectivity index (χ1) is 12.1. The molecule has 142 valence electrons. The number of hydrogen-bond acceptors (Lipinski definition) is 1. The van der Waals surface area contributed by atoms with Crippen LogP contribution in [0.2, 0.25) is 0 Å². The predicted octanol–water partition coefficient (Wildman–Crippen LogP) is 7.30. The highest BCUT2D eigenvalue weighted by Crippen LogP contribution is 2.30. The highest BCUT2D eigenvalue weighted by Gasteiger charge is 2.16. The maximum atomic E-state index is 2.59. The van der Waals surface area contributed by atoms with Crippen LogP contribution >= 0.6 is 0 Å². The topological polar surface area (TPSA) is 3.24 Å². The molecule has 1 fully saturated rings. The summed E-state index contributed by atoms with van der Waals surface area (Å²) in [4.78, 5) is 2.59. The van der Waals surface area contributed by atoms with Gasteiger partial charge in [0.25, 0.3) is 0 Å². The van der Waals surface area contributed by atoms with Crippen LogP contribution < -0.4 is 0 Å². The summed E-state index contributed by atoms with van der Waals surface area (Å²) >= 11 is 0. The SMILES string of the molecule is CC(C)N(Cc1cccc(C2CCCCCCCCCC2)c1)C(C)C. The van der Waals surface area contributed by atoms with E-state index in [1.54, 1.807) is 5.56 Å². The lowest BCUT2D eigenvalue weighted by molar-refractivity contribution is 0.166. The highest BCUT2D eigenvalue weighted by molar-refractivity contribution is 5.26. The second-order valence-corrected chi connectivity index (χ2v) is 8.71. The van der Waals surface area contributed by atoms with Crippen molar-refractivity contribution in [3.05, 3.63) is 35.4 Å². The molecule has 0 saturated heterocycles. The Morgan fingerprint density at radius 2 is 1.32 bits per heavy atom. The van der Waals surface area contributed by atoms with Crippen LogP contribution in [0.25, 0.3) is 0 Å². The highest BCUT2D eigenvalue weighted by atomic mass is 15.2. The van der Waals surface area contributed by atoms with Crippen molar-refractivity contribution >= 4 is 0 Å². The van der Waals surface area contributed by atoms with Gasteiger partial charge >= 0.3 is 0 Å². The smallest absolute Gasteiger partial charge is 0.0239 e. The average Bonchev–Trinajstić information content (AvgIpc) is 2.65. The number of rotatable bonds is 5. The van der Waals surface area contributed by atoms with Crippen molar-refractivity contribution in [2.45, 2.75) is 116 Å². The van der Waals surface area contributed by atoms with Gasteiger partial charge in [0.1, 0.15) is 0 Å². The minimum atomic E-state index is 0.598. The normalized spacial score (nSPS) is 18.7. The fraction of sp³-hybridized carbons (Fsp3) is 0.750. The molecule has 1 aliphatic rings. The molecule has 0 bridgehead atoms. The monoisotopic (exact) mass is 343 g/mol. The number of hydrogen-bond donors (Lipinski definition) is 0. The minimum absolute atomic E-state index is 0.598. The summed E-state index contributed by atoms with van der Waals surface area (Å²) < 4.78 is 0. The molecular weight excluding hydrogens is 302 g/mol. The molecule has 0 heterocycles. The predicted molar refractivity (Wildman–Crippen MR) is 111 cm³/mol. The third kappa shape index (κ3) is 7.13. The Labute approximate surface area is 157 Å². The van der Waals surface area contributed by atoms with Crippen LogP contribution in [0.5, 0.6) is 0 Å². The summed E-state index contributed by atoms with van der Waals surface area (Å²) in [5.74, 6) is 0.782. The first kappa shape index (κ1) is 20.5. The van der Waals surface area contributed by atoms with E-state index >= 15 is 0 Å². The van der Waals surface area contributed by atoms with Gasteiger partial charge < -0.3 is 0 Å². The van der Waals surface area contributed by atoms with Crippen LogP contribution in [0.3, 0.4) is 0 Å². The van der Waals surface area contributed by atoms with E-state index in [-0.39, 0.29) is 0 Å². The lowest BCUT2D eigenvalue weighted by Crippen LogP contribution is -2.36. The molecule has 0 radical (unpaired) electrons. The van der Waals surface area contributed by atoms with Crippen LogP contribution in [-0.4, -0.2) is 17.0 Å². The molecule has 0 atom stereocenters. The van der Waals surface area contributed by atoms with Gasteiger partial charge in [-0.1, -0.05) is 75.6 Å². The molecule has 0 N–H and O–H groups in total. The lowest BCUT2D eigenvalue weighted by Gasteiger charge is -2.31. The summed E-state index contributed by atoms with van der Waals surface area (Å²) in [5.41, 5.74) is 3.10. The molecule has 2 rings (SSSR count). The summed E-state index contributed by atoms with van der Waals surface area (Å²) in [6.07, 6.45) is 14.3. The van der Waals surface area contributed by atoms with Gasteiger partial charge in [0, 0.05) is 18.6 Å². The molecule has 0 amide bonds. The molecule has 1 saturated carbocycles. The van der Waals surface area contributed by atoms with Crippen LogP contribution in [-0.2, 0) is 6.54 Å². The van der Waals surface area contributed by atoms with Crippen molar-refractivity contribution in [1.82, 2.24) is 4.90 Å². The largest absolute Gasteiger partial charge is 0.294 e. The molecule has 25 heavy (non-hydrogen) atoms. The fourth-order valence-electron chi connectivity index (χ4n) is 4.44. The zero-order chi connectivity index (χ0) is 18.1. The van der Waals surface area contributed by atoms with Crippen LogP contribution in [0.15, 0.2) is 24.3 Å². The van der Waals surface area contributed by atoms with E-state index in [0.29, 0.717) is 12.1 Å². The van der Waals surface area contributed by atoms with Gasteiger partial charge in [0.2, 0.25) is 0 Å². The Balaban J connectivity index is 2.06. The van der Waals surface area contributed by atoms with Gasteiger partial charge in [-0.05, 0) is 57.6 Å². The second kappa shape index (κ2) is 11.0. The Morgan fingerprint density at radius 1 is 0.800 bits per heavy atom. The Bertz CT molecular complexity index is 457. The van der Waals surface area contributed by atoms with Gasteiger partial charge in [-0.25, -0.2) is 0 Å². The van der Waals surface area contributed by atoms with E-state index in [1.165, 1.54) is 69.8 Å². The summed E-state index contributed by atoms with van der Waals surface area (Å²) in [5, 5.41) is 0. The van der Waals surface area contributed by atoms with E-state index in [2.05, 4.69) is 56.9 Å². The van der Waals surface area contributed by atoms with E-state index < -0.39 is 0 Å². The van der Waals surface area contributed by atoms with E-state index in [0.717, 1.165) is 12.5 Å². The van der Waals surface area contributed by atoms with Crippen molar-refractivity contribution in [3.63, 3.8) is 0 Å². The zero-order valence-corrected chi connectivity index (χ0v) is 17.3. The molecule has 1 aliphatic carbocycles. The van der Waals surface area contributed by atoms with Gasteiger partial charge in [-0.2, -0.15) is 0 Å². The molecule has 1 aromatic carbocycles. The standard InChI is InChI=1S/C24H41N/c1-20(2)25(21(3)4)19-22-14-13-17-24(18-22)23-15-11-9-7-5-6-8-10-12-16-23/h13-14,17-18,20-21,23H,5-12,15-16,19H2,1-4H3. The van der Waals surface area contributed by atoms with Crippen molar-refractivity contribution in [3.8, 4) is 0 Å². The van der Waals surface area contributed by atoms with E-state index in [4.69, 9.17) is 0 Å². The Kier molecular flexibility index (Phi) is 9.03. The summed E-state index contributed by atoms with van der Waals surface area (Å²) in [7, 11) is 0. The van der Waals surface area contributed by atoms with E-state index in [9.17, 15) is 0 Å². The summed E-state index contributed by atoms with van der Waals surface area (Å²) in [6, 6.07) is 10.7. The van der Waals surface area contributed by atoms with Gasteiger partial charge in [0.15, 0.2) is 0 Å². The van der Waals surface area contributed by atoms with E-state index in [1.807, 2.05) is 0 Å². The minimum Gasteiger partial charge on any atom is -0.294 e. The third-order valence-electron chi connectivity index (χ3n) is 5.97. The first-order valence-corrected chi connectivity index (χ1v) is 10.9. The quantitative estimate of drug-likeness (QED) is 0.542. The molecule has 0 spiro atoms. The maximum absolute atomic E-state index is 2.59. The third-order valence-corrected chi connectivity index (χ3v) is 5.97. The Hall–Kier alpha value is -0.820. The molecule has 1 heteroatoms. The molecule has 1 nitrogen and oxygen atoms in total. The van der Waals surface area contributed by atoms with Crippen LogP contribution in [0.4, 0.5) is 0 Å². The molecule has 0 aromatic heterocycles. The van der Waals surface area contributed by atoms with Crippen LogP contribution in [0, 0.1) is 0 Å². The molecule has 0 aliphatic heterocycles. The Morgan fingerprint density at radius 3 is 1.84 bits per heavy atom. The average molecular weight is 344 g/mol. The molecular formula is C24H41N. The van der Waals surface area contributed by atoms with Crippen molar-refractivity contribution in [2.24, 2.45) is 0 Å². The number of benzene rings is 1. The maximum Gasteiger partial charge on any atom is 0.0239 e. The van der Waals surface area contributed by atoms with Crippen molar-refractivity contribution < 1.29 is 0 Å². The van der Waals surface area contributed by atoms with Gasteiger partial charge in [-0.3, -0.25) is 4.90 Å². The first-order valence-electron chi connectivity index (χ1n) is 10.9. The van der Waals surface area contributed by atoms with Crippen molar-refractivity contribution in [2.75, 3.05) is 0 Å². The molecule has 0 unspecified atom stereocenters. The summed E-state index contributed by atoms with van der Waals surface area (Å²) in [6.45, 7) is 10.3.